The molecule has 0 unspecified atom stereocenters. The molecule has 6 nitrogen and oxygen atoms in total. The Morgan fingerprint density at radius 3 is 2.68 bits per heavy atom. The van der Waals surface area contributed by atoms with E-state index in [1.54, 1.807) is 29.0 Å². The Hall–Kier alpha value is -2.51. The minimum atomic E-state index is 0.578. The Morgan fingerprint density at radius 1 is 1.00 bits per heavy atom. The lowest BCUT2D eigenvalue weighted by Gasteiger charge is -2.03. The van der Waals surface area contributed by atoms with Gasteiger partial charge in [0.05, 0.1) is 12.2 Å². The fraction of sp³-hybridized carbons (Fsp3) is 0.118. The number of rotatable bonds is 5. The van der Waals surface area contributed by atoms with Crippen LogP contribution in [0.25, 0.3) is 11.2 Å². The van der Waals surface area contributed by atoms with Crippen LogP contribution in [-0.2, 0) is 12.3 Å². The number of pyridine rings is 1. The summed E-state index contributed by atoms with van der Waals surface area (Å²) in [5.41, 5.74) is 3.50. The van der Waals surface area contributed by atoms with Gasteiger partial charge in [-0.15, -0.1) is 5.10 Å². The molecule has 0 amide bonds. The summed E-state index contributed by atoms with van der Waals surface area (Å²) in [6.07, 6.45) is 3.33. The molecule has 25 heavy (non-hydrogen) atoms. The zero-order valence-corrected chi connectivity index (χ0v) is 14.7. The van der Waals surface area contributed by atoms with E-state index in [-0.39, 0.29) is 0 Å². The summed E-state index contributed by atoms with van der Waals surface area (Å²) in [5, 5.41) is 10.0. The predicted molar refractivity (Wildman–Crippen MR) is 97.5 cm³/mol. The molecule has 0 saturated heterocycles. The number of nitrogens with zero attached hydrogens (tertiary/aromatic N) is 6. The van der Waals surface area contributed by atoms with E-state index in [4.69, 9.17) is 11.6 Å². The third-order valence-corrected chi connectivity index (χ3v) is 4.86. The van der Waals surface area contributed by atoms with E-state index < -0.39 is 0 Å². The largest absolute Gasteiger partial charge is 0.260 e. The number of benzene rings is 1. The van der Waals surface area contributed by atoms with E-state index in [2.05, 4.69) is 25.3 Å². The first-order chi connectivity index (χ1) is 12.3. The molecular weight excluding hydrogens is 356 g/mol. The van der Waals surface area contributed by atoms with Gasteiger partial charge in [0.15, 0.2) is 11.2 Å². The van der Waals surface area contributed by atoms with Gasteiger partial charge in [-0.25, -0.2) is 14.6 Å². The van der Waals surface area contributed by atoms with E-state index >= 15 is 0 Å². The van der Waals surface area contributed by atoms with Gasteiger partial charge in [0, 0.05) is 17.0 Å². The number of hydrogen-bond acceptors (Lipinski definition) is 6. The van der Waals surface area contributed by atoms with Crippen LogP contribution in [0.5, 0.6) is 0 Å². The second-order valence-corrected chi connectivity index (χ2v) is 6.73. The quantitative estimate of drug-likeness (QED) is 0.396. The third-order valence-electron chi connectivity index (χ3n) is 3.60. The van der Waals surface area contributed by atoms with Crippen LogP contribution in [0.2, 0.25) is 5.02 Å². The van der Waals surface area contributed by atoms with Gasteiger partial charge in [0.1, 0.15) is 11.4 Å². The molecule has 124 valence electrons. The van der Waals surface area contributed by atoms with Crippen LogP contribution < -0.4 is 0 Å². The number of aromatic nitrogens is 6. The molecule has 1 aromatic carbocycles. The normalized spacial score (nSPS) is 11.1. The van der Waals surface area contributed by atoms with Crippen molar-refractivity contribution in [2.75, 3.05) is 0 Å². The molecule has 0 aliphatic heterocycles. The maximum absolute atomic E-state index is 5.93. The van der Waals surface area contributed by atoms with E-state index in [1.807, 2.05) is 42.5 Å². The predicted octanol–water partition coefficient (Wildman–Crippen LogP) is 3.61. The summed E-state index contributed by atoms with van der Waals surface area (Å²) in [5.74, 6) is 0.719. The Balaban J connectivity index is 1.58. The van der Waals surface area contributed by atoms with Crippen molar-refractivity contribution in [1.82, 2.24) is 29.9 Å². The maximum Gasteiger partial charge on any atom is 0.183 e. The van der Waals surface area contributed by atoms with Gasteiger partial charge in [0.25, 0.3) is 0 Å². The molecular formula is C17H13ClN6S. The lowest BCUT2D eigenvalue weighted by atomic mass is 10.2. The molecule has 3 heterocycles. The number of fused-ring (bicyclic) bond motifs is 1. The van der Waals surface area contributed by atoms with Gasteiger partial charge in [-0.3, -0.25) is 4.98 Å². The summed E-state index contributed by atoms with van der Waals surface area (Å²) in [4.78, 5) is 13.0. The van der Waals surface area contributed by atoms with Crippen LogP contribution in [0.1, 0.15) is 11.3 Å². The Bertz CT molecular complexity index is 987. The van der Waals surface area contributed by atoms with E-state index in [1.165, 1.54) is 0 Å². The SMILES string of the molecule is Clc1ccc(Cn2nnc3c(SCc4ccccn4)ncnc32)cc1. The van der Waals surface area contributed by atoms with E-state index in [0.717, 1.165) is 22.0 Å². The number of hydrogen-bond donors (Lipinski definition) is 0. The topological polar surface area (TPSA) is 69.4 Å². The summed E-state index contributed by atoms with van der Waals surface area (Å²) in [6, 6.07) is 13.5. The average Bonchev–Trinajstić information content (AvgIpc) is 3.06. The van der Waals surface area contributed by atoms with Crippen molar-refractivity contribution in [3.8, 4) is 0 Å². The first kappa shape index (κ1) is 16.0. The highest BCUT2D eigenvalue weighted by Gasteiger charge is 2.12. The van der Waals surface area contributed by atoms with Gasteiger partial charge >= 0.3 is 0 Å². The highest BCUT2D eigenvalue weighted by Crippen LogP contribution is 2.25. The molecule has 0 radical (unpaired) electrons. The third kappa shape index (κ3) is 3.62. The summed E-state index contributed by atoms with van der Waals surface area (Å²) >= 11 is 7.51. The summed E-state index contributed by atoms with van der Waals surface area (Å²) in [7, 11) is 0. The molecule has 4 aromatic rings. The highest BCUT2D eigenvalue weighted by molar-refractivity contribution is 7.98. The Kier molecular flexibility index (Phi) is 4.58. The molecule has 0 bridgehead atoms. The van der Waals surface area contributed by atoms with Crippen molar-refractivity contribution in [3.63, 3.8) is 0 Å². The van der Waals surface area contributed by atoms with Gasteiger partial charge in [-0.2, -0.15) is 0 Å². The van der Waals surface area contributed by atoms with Gasteiger partial charge in [-0.1, -0.05) is 46.8 Å². The number of thioether (sulfide) groups is 1. The van der Waals surface area contributed by atoms with Gasteiger partial charge < -0.3 is 0 Å². The monoisotopic (exact) mass is 368 g/mol. The lowest BCUT2D eigenvalue weighted by molar-refractivity contribution is 0.664. The zero-order chi connectivity index (χ0) is 17.1. The van der Waals surface area contributed by atoms with Crippen LogP contribution in [0.4, 0.5) is 0 Å². The second kappa shape index (κ2) is 7.16. The molecule has 8 heteroatoms. The first-order valence-corrected chi connectivity index (χ1v) is 8.97. The van der Waals surface area contributed by atoms with Crippen molar-refractivity contribution in [2.24, 2.45) is 0 Å². The Morgan fingerprint density at radius 2 is 1.88 bits per heavy atom. The van der Waals surface area contributed by atoms with Crippen molar-refractivity contribution in [2.45, 2.75) is 17.3 Å². The van der Waals surface area contributed by atoms with Crippen molar-refractivity contribution in [3.05, 3.63) is 71.3 Å². The second-order valence-electron chi connectivity index (χ2n) is 5.33. The van der Waals surface area contributed by atoms with Crippen LogP contribution >= 0.6 is 23.4 Å². The molecule has 0 atom stereocenters. The molecule has 0 aliphatic carbocycles. The van der Waals surface area contributed by atoms with Crippen molar-refractivity contribution in [1.29, 1.82) is 0 Å². The standard InChI is InChI=1S/C17H13ClN6S/c18-13-6-4-12(5-7-13)9-24-16-15(22-23-24)17(21-11-20-16)25-10-14-3-1-2-8-19-14/h1-8,11H,9-10H2. The van der Waals surface area contributed by atoms with Gasteiger partial charge in [-0.05, 0) is 29.8 Å². The van der Waals surface area contributed by atoms with Crippen molar-refractivity contribution >= 4 is 34.5 Å². The van der Waals surface area contributed by atoms with Crippen molar-refractivity contribution < 1.29 is 0 Å². The van der Waals surface area contributed by atoms with E-state index in [0.29, 0.717) is 22.7 Å². The highest BCUT2D eigenvalue weighted by atomic mass is 35.5. The molecule has 4 rings (SSSR count). The van der Waals surface area contributed by atoms with Crippen LogP contribution in [-0.4, -0.2) is 29.9 Å². The molecule has 0 fully saturated rings. The minimum Gasteiger partial charge on any atom is -0.260 e. The summed E-state index contributed by atoms with van der Waals surface area (Å²) < 4.78 is 1.77. The van der Waals surface area contributed by atoms with Crippen LogP contribution in [0.15, 0.2) is 60.0 Å². The lowest BCUT2D eigenvalue weighted by Crippen LogP contribution is -2.03. The fourth-order valence-corrected chi connectivity index (χ4v) is 3.34. The molecule has 0 aliphatic rings. The average molecular weight is 369 g/mol. The van der Waals surface area contributed by atoms with Crippen LogP contribution in [0.3, 0.4) is 0 Å². The smallest absolute Gasteiger partial charge is 0.183 e. The zero-order valence-electron chi connectivity index (χ0n) is 13.1. The summed E-state index contributed by atoms with van der Waals surface area (Å²) in [6.45, 7) is 0.578. The van der Waals surface area contributed by atoms with E-state index in [9.17, 15) is 0 Å². The minimum absolute atomic E-state index is 0.578. The number of halogens is 1. The molecule has 0 N–H and O–H groups in total. The van der Waals surface area contributed by atoms with Gasteiger partial charge in [0.2, 0.25) is 0 Å². The molecule has 0 spiro atoms. The Labute approximate surface area is 153 Å². The maximum atomic E-state index is 5.93. The molecule has 3 aromatic heterocycles. The van der Waals surface area contributed by atoms with Crippen LogP contribution in [0, 0.1) is 0 Å². The molecule has 0 saturated carbocycles. The fourth-order valence-electron chi connectivity index (χ4n) is 2.37. The first-order valence-electron chi connectivity index (χ1n) is 7.61.